The third-order valence-electron chi connectivity index (χ3n) is 6.12. The molecule has 0 spiro atoms. The molecule has 0 saturated carbocycles. The Morgan fingerprint density at radius 3 is 2.21 bits per heavy atom. The van der Waals surface area contributed by atoms with E-state index >= 15 is 0 Å². The number of fused-ring (bicyclic) bond motifs is 1. The first-order valence-corrected chi connectivity index (χ1v) is 11.9. The van der Waals surface area contributed by atoms with Crippen molar-refractivity contribution >= 4 is 23.3 Å². The molecule has 0 saturated heterocycles. The van der Waals surface area contributed by atoms with Gasteiger partial charge in [-0.1, -0.05) is 13.8 Å². The number of nitrogens with one attached hydrogen (secondary N) is 1. The van der Waals surface area contributed by atoms with Crippen LogP contribution in [0.5, 0.6) is 0 Å². The van der Waals surface area contributed by atoms with E-state index < -0.39 is 23.5 Å². The minimum atomic E-state index is -4.58. The molecule has 4 rings (SSSR count). The molecule has 1 N–H and O–H groups in total. The van der Waals surface area contributed by atoms with Crippen molar-refractivity contribution in [1.82, 2.24) is 19.9 Å². The van der Waals surface area contributed by atoms with E-state index in [9.17, 15) is 26.3 Å². The highest BCUT2D eigenvalue weighted by Gasteiger charge is 2.37. The fraction of sp³-hybridized carbons (Fsp3) is 0.440. The molecule has 0 amide bonds. The highest BCUT2D eigenvalue weighted by molar-refractivity contribution is 5.62. The van der Waals surface area contributed by atoms with Crippen LogP contribution in [0.1, 0.15) is 48.0 Å². The topological polar surface area (TPSA) is 70.1 Å². The molecule has 0 bridgehead atoms. The number of aromatic nitrogens is 4. The fourth-order valence-corrected chi connectivity index (χ4v) is 4.26. The predicted octanol–water partition coefficient (Wildman–Crippen LogP) is 5.84. The Balaban J connectivity index is 1.71. The van der Waals surface area contributed by atoms with Gasteiger partial charge in [0.25, 0.3) is 0 Å². The lowest BCUT2D eigenvalue weighted by atomic mass is 10.1. The highest BCUT2D eigenvalue weighted by Crippen LogP contribution is 2.38. The molecule has 3 aromatic rings. The van der Waals surface area contributed by atoms with E-state index in [0.717, 1.165) is 12.1 Å². The molecular weight excluding hydrogens is 512 g/mol. The Morgan fingerprint density at radius 2 is 1.58 bits per heavy atom. The van der Waals surface area contributed by atoms with Crippen LogP contribution in [0.4, 0.5) is 49.6 Å². The van der Waals surface area contributed by atoms with Crippen LogP contribution in [-0.2, 0) is 25.2 Å². The zero-order valence-corrected chi connectivity index (χ0v) is 21.2. The van der Waals surface area contributed by atoms with Gasteiger partial charge < -0.3 is 15.1 Å². The number of hydrogen-bond acceptors (Lipinski definition) is 7. The van der Waals surface area contributed by atoms with E-state index in [4.69, 9.17) is 0 Å². The lowest BCUT2D eigenvalue weighted by Gasteiger charge is -2.24. The number of alkyl halides is 6. The number of nitrogens with zero attached hydrogens (tertiary/aromatic N) is 6. The van der Waals surface area contributed by atoms with Gasteiger partial charge in [0.05, 0.1) is 16.8 Å². The van der Waals surface area contributed by atoms with E-state index in [1.807, 2.05) is 13.8 Å². The Bertz CT molecular complexity index is 1300. The second kappa shape index (κ2) is 10.3. The second-order valence-corrected chi connectivity index (χ2v) is 9.45. The molecule has 1 aliphatic heterocycles. The standard InChI is InChI=1S/C25H27F6N7/c1-14(2)20-33-18-10-13-38(22-16(24(26,27)28)6-5-11-32-22)12-9-15(18)21(36-20)34-19-8-7-17(25(29,30)31)23(35-19)37(3)4/h5-8,11,14H,9-10,12-13H2,1-4H3,(H,33,34,35,36). The molecule has 0 atom stereocenters. The smallest absolute Gasteiger partial charge is 0.362 e. The van der Waals surface area contributed by atoms with Gasteiger partial charge >= 0.3 is 12.4 Å². The summed E-state index contributed by atoms with van der Waals surface area (Å²) in [5.41, 5.74) is -0.347. The Hall–Kier alpha value is -3.64. The van der Waals surface area contributed by atoms with Crippen molar-refractivity contribution in [3.05, 3.63) is 58.7 Å². The van der Waals surface area contributed by atoms with Crippen molar-refractivity contribution < 1.29 is 26.3 Å². The molecule has 0 unspecified atom stereocenters. The van der Waals surface area contributed by atoms with Gasteiger partial charge in [-0.3, -0.25) is 0 Å². The zero-order chi connectivity index (χ0) is 27.8. The Kier molecular flexibility index (Phi) is 7.39. The average molecular weight is 540 g/mol. The van der Waals surface area contributed by atoms with Crippen molar-refractivity contribution in [1.29, 1.82) is 0 Å². The van der Waals surface area contributed by atoms with Gasteiger partial charge in [-0.25, -0.2) is 19.9 Å². The fourth-order valence-electron chi connectivity index (χ4n) is 4.26. The molecule has 4 heterocycles. The molecule has 7 nitrogen and oxygen atoms in total. The van der Waals surface area contributed by atoms with Gasteiger partial charge in [0, 0.05) is 51.3 Å². The van der Waals surface area contributed by atoms with Gasteiger partial charge in [0.15, 0.2) is 0 Å². The summed E-state index contributed by atoms with van der Waals surface area (Å²) in [7, 11) is 2.94. The number of halogens is 6. The van der Waals surface area contributed by atoms with Crippen molar-refractivity contribution in [2.24, 2.45) is 0 Å². The van der Waals surface area contributed by atoms with Gasteiger partial charge in [-0.15, -0.1) is 0 Å². The Labute approximate surface area is 215 Å². The van der Waals surface area contributed by atoms with Crippen LogP contribution in [0.2, 0.25) is 0 Å². The maximum atomic E-state index is 13.6. The molecule has 0 radical (unpaired) electrons. The van der Waals surface area contributed by atoms with Crippen LogP contribution >= 0.6 is 0 Å². The minimum absolute atomic E-state index is 0.0641. The quantitative estimate of drug-likeness (QED) is 0.409. The Morgan fingerprint density at radius 1 is 0.895 bits per heavy atom. The number of pyridine rings is 2. The molecule has 13 heteroatoms. The van der Waals surface area contributed by atoms with Gasteiger partial charge in [0.1, 0.15) is 29.1 Å². The molecule has 0 fully saturated rings. The van der Waals surface area contributed by atoms with Crippen LogP contribution in [0, 0.1) is 0 Å². The van der Waals surface area contributed by atoms with Gasteiger partial charge in [-0.2, -0.15) is 26.3 Å². The number of rotatable bonds is 5. The molecule has 0 aliphatic carbocycles. The number of hydrogen-bond donors (Lipinski definition) is 1. The molecular formula is C25H27F6N7. The van der Waals surface area contributed by atoms with Crippen molar-refractivity contribution in [3.8, 4) is 0 Å². The van der Waals surface area contributed by atoms with Crippen LogP contribution in [0.25, 0.3) is 0 Å². The molecule has 3 aromatic heterocycles. The summed E-state index contributed by atoms with van der Waals surface area (Å²) in [4.78, 5) is 20.3. The average Bonchev–Trinajstić information content (AvgIpc) is 3.05. The first kappa shape index (κ1) is 27.4. The maximum absolute atomic E-state index is 13.6. The predicted molar refractivity (Wildman–Crippen MR) is 132 cm³/mol. The summed E-state index contributed by atoms with van der Waals surface area (Å²) in [6.45, 7) is 4.27. The second-order valence-electron chi connectivity index (χ2n) is 9.45. The monoisotopic (exact) mass is 539 g/mol. The zero-order valence-electron chi connectivity index (χ0n) is 21.2. The minimum Gasteiger partial charge on any atom is -0.362 e. The summed E-state index contributed by atoms with van der Waals surface area (Å²) in [5.74, 6) is 0.559. The third-order valence-corrected chi connectivity index (χ3v) is 6.12. The summed E-state index contributed by atoms with van der Waals surface area (Å²) in [6.07, 6.45) is -7.18. The van der Waals surface area contributed by atoms with E-state index in [0.29, 0.717) is 35.7 Å². The summed E-state index contributed by atoms with van der Waals surface area (Å²) in [6, 6.07) is 4.43. The maximum Gasteiger partial charge on any atom is 0.419 e. The largest absolute Gasteiger partial charge is 0.419 e. The van der Waals surface area contributed by atoms with Crippen LogP contribution in [-0.4, -0.2) is 47.1 Å². The van der Waals surface area contributed by atoms with Crippen molar-refractivity contribution in [2.45, 2.75) is 45.0 Å². The van der Waals surface area contributed by atoms with E-state index in [2.05, 4.69) is 25.3 Å². The summed E-state index contributed by atoms with van der Waals surface area (Å²) >= 11 is 0. The lowest BCUT2D eigenvalue weighted by Crippen LogP contribution is -2.29. The van der Waals surface area contributed by atoms with Crippen LogP contribution in [0.3, 0.4) is 0 Å². The molecule has 1 aliphatic rings. The van der Waals surface area contributed by atoms with E-state index in [-0.39, 0.29) is 36.5 Å². The van der Waals surface area contributed by atoms with Gasteiger partial charge in [-0.05, 0) is 30.7 Å². The molecule has 204 valence electrons. The normalized spacial score (nSPS) is 14.3. The van der Waals surface area contributed by atoms with Crippen LogP contribution in [0.15, 0.2) is 30.5 Å². The van der Waals surface area contributed by atoms with E-state index in [1.54, 1.807) is 4.90 Å². The van der Waals surface area contributed by atoms with Crippen molar-refractivity contribution in [3.63, 3.8) is 0 Å². The lowest BCUT2D eigenvalue weighted by molar-refractivity contribution is -0.138. The molecule has 0 aromatic carbocycles. The summed E-state index contributed by atoms with van der Waals surface area (Å²) < 4.78 is 81.3. The van der Waals surface area contributed by atoms with Crippen LogP contribution < -0.4 is 15.1 Å². The first-order chi connectivity index (χ1) is 17.8. The van der Waals surface area contributed by atoms with Crippen molar-refractivity contribution in [2.75, 3.05) is 42.3 Å². The highest BCUT2D eigenvalue weighted by atomic mass is 19.4. The first-order valence-electron chi connectivity index (χ1n) is 11.9. The third kappa shape index (κ3) is 5.76. The van der Waals surface area contributed by atoms with E-state index in [1.165, 1.54) is 37.3 Å². The number of anilines is 4. The molecule has 38 heavy (non-hydrogen) atoms. The summed E-state index contributed by atoms with van der Waals surface area (Å²) in [5, 5.41) is 3.05. The SMILES string of the molecule is CC(C)c1nc2c(c(Nc3ccc(C(F)(F)F)c(N(C)C)n3)n1)CCN(c1ncccc1C(F)(F)F)CC2. The van der Waals surface area contributed by atoms with Gasteiger partial charge in [0.2, 0.25) is 0 Å².